The number of alkyl halides is 3. The number of aromatic nitrogens is 4. The fraction of sp³-hybridized carbons (Fsp3) is 0.235. The molecule has 0 spiro atoms. The summed E-state index contributed by atoms with van der Waals surface area (Å²) < 4.78 is 43.9. The van der Waals surface area contributed by atoms with Crippen molar-refractivity contribution in [1.29, 1.82) is 5.26 Å². The predicted octanol–water partition coefficient (Wildman–Crippen LogP) is 2.85. The van der Waals surface area contributed by atoms with Crippen LogP contribution in [0.5, 0.6) is 0 Å². The van der Waals surface area contributed by atoms with E-state index in [9.17, 15) is 18.0 Å². The van der Waals surface area contributed by atoms with Crippen LogP contribution in [0.4, 0.5) is 13.2 Å². The zero-order chi connectivity index (χ0) is 19.8. The lowest BCUT2D eigenvalue weighted by molar-refractivity contribution is -0.137. The Morgan fingerprint density at radius 2 is 1.89 bits per heavy atom. The average Bonchev–Trinajstić information content (AvgIpc) is 3.08. The highest BCUT2D eigenvalue weighted by molar-refractivity contribution is 5.54. The highest BCUT2D eigenvalue weighted by atomic mass is 19.4. The largest absolute Gasteiger partial charge is 0.416 e. The molecule has 0 amide bonds. The molecule has 3 rings (SSSR count). The SMILES string of the molecule is Cc1nn(Cc2nc(-c3ccc(C(F)(F)F)cc3)no2)c(=O)c(C#N)c1C. The van der Waals surface area contributed by atoms with Crippen LogP contribution in [0.2, 0.25) is 0 Å². The number of halogens is 3. The van der Waals surface area contributed by atoms with Gasteiger partial charge < -0.3 is 4.52 Å². The van der Waals surface area contributed by atoms with E-state index in [1.54, 1.807) is 13.8 Å². The first kappa shape index (κ1) is 18.3. The van der Waals surface area contributed by atoms with E-state index in [0.717, 1.165) is 16.8 Å². The van der Waals surface area contributed by atoms with Crippen LogP contribution < -0.4 is 5.56 Å². The van der Waals surface area contributed by atoms with Crippen molar-refractivity contribution in [3.8, 4) is 17.5 Å². The summed E-state index contributed by atoms with van der Waals surface area (Å²) in [7, 11) is 0. The molecule has 0 aliphatic rings. The smallest absolute Gasteiger partial charge is 0.337 e. The minimum absolute atomic E-state index is 0.0232. The van der Waals surface area contributed by atoms with Crippen LogP contribution in [0.25, 0.3) is 11.4 Å². The van der Waals surface area contributed by atoms with Crippen LogP contribution in [0.3, 0.4) is 0 Å². The first-order valence-corrected chi connectivity index (χ1v) is 7.69. The zero-order valence-electron chi connectivity index (χ0n) is 14.2. The Labute approximate surface area is 150 Å². The summed E-state index contributed by atoms with van der Waals surface area (Å²) in [6.45, 7) is 3.12. The molecule has 138 valence electrons. The van der Waals surface area contributed by atoms with Gasteiger partial charge in [0.15, 0.2) is 0 Å². The Kier molecular flexibility index (Phi) is 4.53. The van der Waals surface area contributed by atoms with E-state index >= 15 is 0 Å². The normalized spacial score (nSPS) is 11.4. The van der Waals surface area contributed by atoms with Crippen molar-refractivity contribution in [2.24, 2.45) is 0 Å². The predicted molar refractivity (Wildman–Crippen MR) is 86.5 cm³/mol. The Bertz CT molecular complexity index is 1090. The Balaban J connectivity index is 1.89. The van der Waals surface area contributed by atoms with Crippen molar-refractivity contribution < 1.29 is 17.7 Å². The van der Waals surface area contributed by atoms with Gasteiger partial charge in [-0.15, -0.1) is 0 Å². The van der Waals surface area contributed by atoms with Crippen molar-refractivity contribution in [1.82, 2.24) is 19.9 Å². The van der Waals surface area contributed by atoms with E-state index in [-0.39, 0.29) is 23.8 Å². The first-order valence-electron chi connectivity index (χ1n) is 7.69. The minimum atomic E-state index is -4.43. The summed E-state index contributed by atoms with van der Waals surface area (Å²) in [5.74, 6) is 0.114. The summed E-state index contributed by atoms with van der Waals surface area (Å²) >= 11 is 0. The molecular formula is C17H12F3N5O2. The maximum atomic E-state index is 12.6. The molecule has 0 radical (unpaired) electrons. The van der Waals surface area contributed by atoms with Crippen LogP contribution in [0, 0.1) is 25.2 Å². The molecule has 27 heavy (non-hydrogen) atoms. The maximum absolute atomic E-state index is 12.6. The number of nitriles is 1. The molecule has 0 saturated heterocycles. The van der Waals surface area contributed by atoms with Gasteiger partial charge in [0.2, 0.25) is 11.7 Å². The lowest BCUT2D eigenvalue weighted by Crippen LogP contribution is -2.28. The second kappa shape index (κ2) is 6.68. The highest BCUT2D eigenvalue weighted by Crippen LogP contribution is 2.30. The van der Waals surface area contributed by atoms with Crippen LogP contribution in [-0.4, -0.2) is 19.9 Å². The Morgan fingerprint density at radius 1 is 1.22 bits per heavy atom. The summed E-state index contributed by atoms with van der Waals surface area (Å²) in [6, 6.07) is 6.14. The monoisotopic (exact) mass is 375 g/mol. The van der Waals surface area contributed by atoms with E-state index in [2.05, 4.69) is 15.2 Å². The van der Waals surface area contributed by atoms with Crippen LogP contribution >= 0.6 is 0 Å². The molecule has 0 N–H and O–H groups in total. The van der Waals surface area contributed by atoms with Gasteiger partial charge in [0.25, 0.3) is 5.56 Å². The van der Waals surface area contributed by atoms with Gasteiger partial charge in [-0.3, -0.25) is 4.79 Å². The van der Waals surface area contributed by atoms with E-state index < -0.39 is 17.3 Å². The topological polar surface area (TPSA) is 97.6 Å². The number of nitrogens with zero attached hydrogens (tertiary/aromatic N) is 5. The van der Waals surface area contributed by atoms with Gasteiger partial charge in [-0.05, 0) is 31.5 Å². The first-order chi connectivity index (χ1) is 12.7. The van der Waals surface area contributed by atoms with Gasteiger partial charge in [0.1, 0.15) is 18.2 Å². The van der Waals surface area contributed by atoms with Gasteiger partial charge in [-0.25, -0.2) is 4.68 Å². The molecule has 0 aliphatic carbocycles. The second-order valence-corrected chi connectivity index (χ2v) is 5.75. The third-order valence-corrected chi connectivity index (χ3v) is 3.97. The van der Waals surface area contributed by atoms with Gasteiger partial charge in [-0.1, -0.05) is 17.3 Å². The summed E-state index contributed by atoms with van der Waals surface area (Å²) in [4.78, 5) is 16.3. The van der Waals surface area contributed by atoms with Crippen molar-refractivity contribution in [3.63, 3.8) is 0 Å². The van der Waals surface area contributed by atoms with Crippen molar-refractivity contribution >= 4 is 0 Å². The van der Waals surface area contributed by atoms with E-state index in [4.69, 9.17) is 9.78 Å². The molecule has 10 heteroatoms. The molecule has 0 saturated carbocycles. The zero-order valence-corrected chi connectivity index (χ0v) is 14.2. The number of aryl methyl sites for hydroxylation is 1. The number of rotatable bonds is 3. The molecular weight excluding hydrogens is 363 g/mol. The highest BCUT2D eigenvalue weighted by Gasteiger charge is 2.30. The number of hydrogen-bond donors (Lipinski definition) is 0. The van der Waals surface area contributed by atoms with Crippen LogP contribution in [-0.2, 0) is 12.7 Å². The van der Waals surface area contributed by atoms with Gasteiger partial charge >= 0.3 is 6.18 Å². The number of benzene rings is 1. The molecule has 3 aromatic rings. The van der Waals surface area contributed by atoms with Crippen LogP contribution in [0.1, 0.15) is 28.3 Å². The molecule has 7 nitrogen and oxygen atoms in total. The molecule has 2 heterocycles. The fourth-order valence-electron chi connectivity index (χ4n) is 2.38. The Hall–Kier alpha value is -3.48. The van der Waals surface area contributed by atoms with Crippen LogP contribution in [0.15, 0.2) is 33.6 Å². The van der Waals surface area contributed by atoms with Crippen molar-refractivity contribution in [2.45, 2.75) is 26.6 Å². The molecule has 0 bridgehead atoms. The van der Waals surface area contributed by atoms with Crippen molar-refractivity contribution in [2.75, 3.05) is 0 Å². The molecule has 0 unspecified atom stereocenters. The standard InChI is InChI=1S/C17H12F3N5O2/c1-9-10(2)23-25(16(26)13(9)7-21)8-14-22-15(24-27-14)11-3-5-12(6-4-11)17(18,19)20/h3-6H,8H2,1-2H3. The maximum Gasteiger partial charge on any atom is 0.416 e. The van der Waals surface area contributed by atoms with Crippen molar-refractivity contribution in [3.05, 3.63) is 62.9 Å². The minimum Gasteiger partial charge on any atom is -0.337 e. The van der Waals surface area contributed by atoms with Gasteiger partial charge in [0.05, 0.1) is 11.3 Å². The molecule has 0 aliphatic heterocycles. The van der Waals surface area contributed by atoms with Gasteiger partial charge in [0, 0.05) is 5.56 Å². The molecule has 1 aromatic carbocycles. The lowest BCUT2D eigenvalue weighted by Gasteiger charge is -2.06. The summed E-state index contributed by atoms with van der Waals surface area (Å²) in [6.07, 6.45) is -4.43. The lowest BCUT2D eigenvalue weighted by atomic mass is 10.1. The Morgan fingerprint density at radius 3 is 2.48 bits per heavy atom. The molecule has 0 atom stereocenters. The quantitative estimate of drug-likeness (QED) is 0.698. The molecule has 2 aromatic heterocycles. The average molecular weight is 375 g/mol. The second-order valence-electron chi connectivity index (χ2n) is 5.75. The summed E-state index contributed by atoms with van der Waals surface area (Å²) in [5, 5.41) is 16.9. The fourth-order valence-corrected chi connectivity index (χ4v) is 2.38. The summed E-state index contributed by atoms with van der Waals surface area (Å²) in [5.41, 5.74) is -0.0656. The third-order valence-electron chi connectivity index (χ3n) is 3.97. The van der Waals surface area contributed by atoms with E-state index in [0.29, 0.717) is 16.8 Å². The van der Waals surface area contributed by atoms with Gasteiger partial charge in [-0.2, -0.15) is 28.5 Å². The third kappa shape index (κ3) is 3.57. The van der Waals surface area contributed by atoms with E-state index in [1.807, 2.05) is 6.07 Å². The van der Waals surface area contributed by atoms with E-state index in [1.165, 1.54) is 12.1 Å². The number of hydrogen-bond acceptors (Lipinski definition) is 6. The molecule has 0 fully saturated rings.